The molecular weight excluding hydrogens is 349 g/mol. The molecule has 2 rings (SSSR count). The molecule has 148 valence electrons. The topological polar surface area (TPSA) is 84.2 Å². The molecule has 0 radical (unpaired) electrons. The lowest BCUT2D eigenvalue weighted by atomic mass is 9.79. The zero-order valence-electron chi connectivity index (χ0n) is 16.3. The van der Waals surface area contributed by atoms with E-state index in [1.54, 1.807) is 20.8 Å². The monoisotopic (exact) mass is 377 g/mol. The van der Waals surface area contributed by atoms with Gasteiger partial charge < -0.3 is 14.8 Å². The summed E-state index contributed by atoms with van der Waals surface area (Å²) in [7, 11) is 0. The van der Waals surface area contributed by atoms with E-state index in [1.807, 2.05) is 0 Å². The molecule has 2 heterocycles. The van der Waals surface area contributed by atoms with Crippen LogP contribution in [0.2, 0.25) is 0 Å². The minimum Gasteiger partial charge on any atom is -0.354 e. The van der Waals surface area contributed by atoms with Crippen molar-refractivity contribution in [2.24, 2.45) is 5.41 Å². The maximum Gasteiger partial charge on any atom is 0.225 e. The summed E-state index contributed by atoms with van der Waals surface area (Å²) in [5.74, 6) is -0.773. The van der Waals surface area contributed by atoms with Gasteiger partial charge in [-0.15, -0.1) is 0 Å². The van der Waals surface area contributed by atoms with Gasteiger partial charge in [-0.3, -0.25) is 4.79 Å². The molecule has 1 fully saturated rings. The smallest absolute Gasteiger partial charge is 0.225 e. The van der Waals surface area contributed by atoms with Crippen LogP contribution in [0.25, 0.3) is 0 Å². The van der Waals surface area contributed by atoms with Gasteiger partial charge in [-0.05, 0) is 37.3 Å². The van der Waals surface area contributed by atoms with E-state index < -0.39 is 16.8 Å². The first kappa shape index (κ1) is 21.3. The van der Waals surface area contributed by atoms with Gasteiger partial charge in [-0.2, -0.15) is 9.65 Å². The van der Waals surface area contributed by atoms with E-state index in [2.05, 4.69) is 16.4 Å². The lowest BCUT2D eigenvalue weighted by Crippen LogP contribution is -2.44. The number of ether oxygens (including phenoxy) is 2. The number of rotatable bonds is 7. The molecular formula is C20H28FN3O3. The average molecular weight is 377 g/mol. The predicted octanol–water partition coefficient (Wildman–Crippen LogP) is 3.08. The molecule has 1 saturated heterocycles. The Balaban J connectivity index is 2.11. The Morgan fingerprint density at radius 3 is 2.78 bits per heavy atom. The van der Waals surface area contributed by atoms with Gasteiger partial charge in [0.1, 0.15) is 5.41 Å². The summed E-state index contributed by atoms with van der Waals surface area (Å²) < 4.78 is 24.6. The second kappa shape index (κ2) is 9.25. The van der Waals surface area contributed by atoms with Crippen molar-refractivity contribution in [1.29, 1.82) is 5.26 Å². The summed E-state index contributed by atoms with van der Waals surface area (Å²) in [5.41, 5.74) is -1.08. The minimum atomic E-state index is -1.06. The molecule has 7 heteroatoms. The average Bonchev–Trinajstić information content (AvgIpc) is 2.65. The number of hydrogen-bond donors (Lipinski definition) is 1. The van der Waals surface area contributed by atoms with Gasteiger partial charge >= 0.3 is 0 Å². The number of carbonyl (C=O) groups excluding carboxylic acids is 1. The fraction of sp³-hybridized carbons (Fsp3) is 0.650. The maximum absolute atomic E-state index is 13.2. The molecule has 0 bridgehead atoms. The number of hydrogen-bond acceptors (Lipinski definition) is 5. The molecule has 2 atom stereocenters. The SMILES string of the molecule is CC(C)(C)C(=O)NCC(C#N)(CCOC1CCCCO1)c1ccc(F)nc1. The predicted molar refractivity (Wildman–Crippen MR) is 98.1 cm³/mol. The highest BCUT2D eigenvalue weighted by molar-refractivity contribution is 5.81. The molecule has 0 aliphatic carbocycles. The highest BCUT2D eigenvalue weighted by Gasteiger charge is 2.35. The zero-order valence-corrected chi connectivity index (χ0v) is 16.3. The summed E-state index contributed by atoms with van der Waals surface area (Å²) in [4.78, 5) is 16.0. The normalized spacial score (nSPS) is 19.7. The van der Waals surface area contributed by atoms with Crippen LogP contribution in [0.5, 0.6) is 0 Å². The van der Waals surface area contributed by atoms with Crippen molar-refractivity contribution >= 4 is 5.91 Å². The Labute approximate surface area is 160 Å². The van der Waals surface area contributed by atoms with Crippen LogP contribution in [0.4, 0.5) is 4.39 Å². The lowest BCUT2D eigenvalue weighted by Gasteiger charge is -2.30. The van der Waals surface area contributed by atoms with E-state index in [0.717, 1.165) is 19.3 Å². The Morgan fingerprint density at radius 2 is 2.22 bits per heavy atom. The molecule has 1 aliphatic rings. The summed E-state index contributed by atoms with van der Waals surface area (Å²) in [5, 5.41) is 12.8. The fourth-order valence-electron chi connectivity index (χ4n) is 2.86. The molecule has 1 aromatic heterocycles. The maximum atomic E-state index is 13.2. The summed E-state index contributed by atoms with van der Waals surface area (Å²) in [6, 6.07) is 5.05. The number of aromatic nitrogens is 1. The molecule has 2 unspecified atom stereocenters. The minimum absolute atomic E-state index is 0.0990. The van der Waals surface area contributed by atoms with Gasteiger partial charge in [0.05, 0.1) is 12.7 Å². The van der Waals surface area contributed by atoms with E-state index in [1.165, 1.54) is 18.3 Å². The van der Waals surface area contributed by atoms with Crippen molar-refractivity contribution in [3.8, 4) is 6.07 Å². The highest BCUT2D eigenvalue weighted by Crippen LogP contribution is 2.28. The number of halogens is 1. The fourth-order valence-corrected chi connectivity index (χ4v) is 2.86. The van der Waals surface area contributed by atoms with E-state index in [0.29, 0.717) is 25.2 Å². The summed E-state index contributed by atoms with van der Waals surface area (Å²) in [6.07, 6.45) is 4.34. The third kappa shape index (κ3) is 5.98. The van der Waals surface area contributed by atoms with Crippen LogP contribution in [0.3, 0.4) is 0 Å². The zero-order chi connectivity index (χ0) is 19.9. The first-order chi connectivity index (χ1) is 12.8. The van der Waals surface area contributed by atoms with Crippen molar-refractivity contribution in [3.63, 3.8) is 0 Å². The van der Waals surface area contributed by atoms with Gasteiger partial charge in [0.15, 0.2) is 6.29 Å². The van der Waals surface area contributed by atoms with Crippen molar-refractivity contribution < 1.29 is 18.7 Å². The Bertz CT molecular complexity index is 661. The quantitative estimate of drug-likeness (QED) is 0.738. The Hall–Kier alpha value is -2.04. The first-order valence-corrected chi connectivity index (χ1v) is 9.32. The molecule has 1 aromatic rings. The third-order valence-electron chi connectivity index (χ3n) is 4.70. The van der Waals surface area contributed by atoms with E-state index in [-0.39, 0.29) is 18.7 Å². The van der Waals surface area contributed by atoms with Crippen LogP contribution in [-0.4, -0.2) is 36.9 Å². The van der Waals surface area contributed by atoms with Gasteiger partial charge in [0, 0.05) is 24.8 Å². The van der Waals surface area contributed by atoms with Gasteiger partial charge in [-0.25, -0.2) is 4.98 Å². The van der Waals surface area contributed by atoms with Gasteiger partial charge in [-0.1, -0.05) is 26.8 Å². The van der Waals surface area contributed by atoms with Crippen molar-refractivity contribution in [1.82, 2.24) is 10.3 Å². The van der Waals surface area contributed by atoms with Crippen molar-refractivity contribution in [3.05, 3.63) is 29.8 Å². The molecule has 1 N–H and O–H groups in total. The van der Waals surface area contributed by atoms with Crippen LogP contribution < -0.4 is 5.32 Å². The second-order valence-electron chi connectivity index (χ2n) is 7.91. The van der Waals surface area contributed by atoms with Crippen LogP contribution in [0.15, 0.2) is 18.3 Å². The molecule has 0 spiro atoms. The van der Waals surface area contributed by atoms with Crippen LogP contribution in [-0.2, 0) is 19.7 Å². The second-order valence-corrected chi connectivity index (χ2v) is 7.91. The summed E-state index contributed by atoms with van der Waals surface area (Å²) in [6.45, 7) is 6.48. The number of nitrogens with one attached hydrogen (secondary N) is 1. The highest BCUT2D eigenvalue weighted by atomic mass is 19.1. The number of amides is 1. The van der Waals surface area contributed by atoms with Crippen molar-refractivity contribution in [2.45, 2.75) is 58.2 Å². The molecule has 27 heavy (non-hydrogen) atoms. The lowest BCUT2D eigenvalue weighted by molar-refractivity contribution is -0.164. The molecule has 6 nitrogen and oxygen atoms in total. The molecule has 1 amide bonds. The van der Waals surface area contributed by atoms with E-state index in [4.69, 9.17) is 9.47 Å². The van der Waals surface area contributed by atoms with Gasteiger partial charge in [0.25, 0.3) is 0 Å². The largest absolute Gasteiger partial charge is 0.354 e. The number of pyridine rings is 1. The third-order valence-corrected chi connectivity index (χ3v) is 4.70. The molecule has 0 saturated carbocycles. The van der Waals surface area contributed by atoms with Crippen molar-refractivity contribution in [2.75, 3.05) is 19.8 Å². The summed E-state index contributed by atoms with van der Waals surface area (Å²) >= 11 is 0. The Morgan fingerprint density at radius 1 is 1.44 bits per heavy atom. The van der Waals surface area contributed by atoms with E-state index >= 15 is 0 Å². The van der Waals surface area contributed by atoms with Crippen LogP contribution >= 0.6 is 0 Å². The number of carbonyl (C=O) groups is 1. The van der Waals surface area contributed by atoms with E-state index in [9.17, 15) is 14.4 Å². The van der Waals surface area contributed by atoms with Crippen LogP contribution in [0.1, 0.15) is 52.0 Å². The standard InChI is InChI=1S/C20H28FN3O3/c1-19(2,3)18(25)24-14-20(13-22,15-7-8-16(21)23-12-15)9-11-27-17-6-4-5-10-26-17/h7-8,12,17H,4-6,9-11,14H2,1-3H3,(H,24,25). The molecule has 0 aromatic carbocycles. The number of nitrogens with zero attached hydrogens (tertiary/aromatic N) is 2. The van der Waals surface area contributed by atoms with Gasteiger partial charge in [0.2, 0.25) is 11.9 Å². The Kier molecular flexibility index (Phi) is 7.28. The molecule has 1 aliphatic heterocycles. The first-order valence-electron chi connectivity index (χ1n) is 9.32. The van der Waals surface area contributed by atoms with Crippen LogP contribution in [0, 0.1) is 22.7 Å². The number of nitriles is 1.